The molecule has 2 aromatic heterocycles. The molecule has 0 saturated heterocycles. The number of nitrogens with zero attached hydrogens (tertiary/aromatic N) is 3. The summed E-state index contributed by atoms with van der Waals surface area (Å²) in [6.45, 7) is 2.02. The van der Waals surface area contributed by atoms with Crippen molar-refractivity contribution in [2.75, 3.05) is 0 Å². The Morgan fingerprint density at radius 3 is 3.00 bits per heavy atom. The number of aromatic amines is 2. The number of hydrogen-bond acceptors (Lipinski definition) is 4. The number of hydrogen-bond donors (Lipinski definition) is 3. The van der Waals surface area contributed by atoms with Gasteiger partial charge in [0.15, 0.2) is 5.82 Å². The standard InChI is InChI=1S/C9H14N6/c1-2-8-13-9(15-14-8)7(10)3-6-4-11-5-12-6/h4-5,7H,2-3,10H2,1H3,(H,11,12)(H,13,14,15)/t7-/m1/s1. The van der Waals surface area contributed by atoms with Crippen LogP contribution in [-0.2, 0) is 12.8 Å². The molecule has 0 unspecified atom stereocenters. The van der Waals surface area contributed by atoms with E-state index >= 15 is 0 Å². The zero-order chi connectivity index (χ0) is 10.7. The number of nitrogens with one attached hydrogen (secondary N) is 2. The summed E-state index contributed by atoms with van der Waals surface area (Å²) >= 11 is 0. The fourth-order valence-corrected chi connectivity index (χ4v) is 1.36. The maximum absolute atomic E-state index is 5.96. The Bertz CT molecular complexity index is 404. The van der Waals surface area contributed by atoms with Gasteiger partial charge in [-0.15, -0.1) is 0 Å². The van der Waals surface area contributed by atoms with Crippen LogP contribution in [0.15, 0.2) is 12.5 Å². The number of rotatable bonds is 4. The van der Waals surface area contributed by atoms with Gasteiger partial charge in [-0.1, -0.05) is 6.92 Å². The third-order valence-electron chi connectivity index (χ3n) is 2.21. The fraction of sp³-hybridized carbons (Fsp3) is 0.444. The van der Waals surface area contributed by atoms with Crippen LogP contribution in [0.4, 0.5) is 0 Å². The van der Waals surface area contributed by atoms with Gasteiger partial charge in [0.2, 0.25) is 0 Å². The third-order valence-corrected chi connectivity index (χ3v) is 2.21. The summed E-state index contributed by atoms with van der Waals surface area (Å²) in [5, 5.41) is 6.92. The topological polar surface area (TPSA) is 96.3 Å². The smallest absolute Gasteiger partial charge is 0.167 e. The van der Waals surface area contributed by atoms with E-state index in [0.29, 0.717) is 12.2 Å². The van der Waals surface area contributed by atoms with E-state index in [0.717, 1.165) is 17.9 Å². The van der Waals surface area contributed by atoms with Crippen LogP contribution in [0.3, 0.4) is 0 Å². The largest absolute Gasteiger partial charge is 0.348 e. The van der Waals surface area contributed by atoms with E-state index < -0.39 is 0 Å². The first-order chi connectivity index (χ1) is 7.29. The molecule has 0 aliphatic heterocycles. The van der Waals surface area contributed by atoms with Gasteiger partial charge in [-0.2, -0.15) is 5.10 Å². The second-order valence-corrected chi connectivity index (χ2v) is 3.38. The summed E-state index contributed by atoms with van der Waals surface area (Å²) in [7, 11) is 0. The fourth-order valence-electron chi connectivity index (χ4n) is 1.36. The van der Waals surface area contributed by atoms with Gasteiger partial charge in [0, 0.05) is 24.7 Å². The highest BCUT2D eigenvalue weighted by molar-refractivity contribution is 5.03. The predicted molar refractivity (Wildman–Crippen MR) is 55.0 cm³/mol. The lowest BCUT2D eigenvalue weighted by Gasteiger charge is -2.04. The molecule has 15 heavy (non-hydrogen) atoms. The lowest BCUT2D eigenvalue weighted by Crippen LogP contribution is -2.15. The molecule has 0 aliphatic carbocycles. The van der Waals surface area contributed by atoms with Gasteiger partial charge in [-0.25, -0.2) is 9.97 Å². The van der Waals surface area contributed by atoms with Crippen LogP contribution in [0.25, 0.3) is 0 Å². The van der Waals surface area contributed by atoms with Crippen molar-refractivity contribution in [1.29, 1.82) is 0 Å². The molecule has 0 aliphatic rings. The van der Waals surface area contributed by atoms with Gasteiger partial charge in [0.05, 0.1) is 12.4 Å². The molecule has 0 fully saturated rings. The molecule has 0 amide bonds. The summed E-state index contributed by atoms with van der Waals surface area (Å²) in [5.74, 6) is 1.52. The van der Waals surface area contributed by atoms with E-state index in [2.05, 4.69) is 25.1 Å². The lowest BCUT2D eigenvalue weighted by atomic mass is 10.2. The average Bonchev–Trinajstić information content (AvgIpc) is 2.86. The monoisotopic (exact) mass is 206 g/mol. The number of H-pyrrole nitrogens is 2. The molecule has 0 aromatic carbocycles. The highest BCUT2D eigenvalue weighted by Crippen LogP contribution is 2.10. The Morgan fingerprint density at radius 1 is 1.53 bits per heavy atom. The SMILES string of the molecule is CCc1nc([C@H](N)Cc2cnc[nH]2)n[nH]1. The molecule has 1 atom stereocenters. The van der Waals surface area contributed by atoms with Crippen LogP contribution in [0.2, 0.25) is 0 Å². The van der Waals surface area contributed by atoms with Crippen molar-refractivity contribution >= 4 is 0 Å². The Balaban J connectivity index is 2.04. The summed E-state index contributed by atoms with van der Waals surface area (Å²) < 4.78 is 0. The van der Waals surface area contributed by atoms with Crippen LogP contribution in [0, 0.1) is 0 Å². The third kappa shape index (κ3) is 2.21. The lowest BCUT2D eigenvalue weighted by molar-refractivity contribution is 0.661. The van der Waals surface area contributed by atoms with Gasteiger partial charge in [0.25, 0.3) is 0 Å². The van der Waals surface area contributed by atoms with E-state index in [1.165, 1.54) is 0 Å². The van der Waals surface area contributed by atoms with Crippen molar-refractivity contribution in [2.45, 2.75) is 25.8 Å². The van der Waals surface area contributed by atoms with Crippen molar-refractivity contribution in [1.82, 2.24) is 25.1 Å². The number of aromatic nitrogens is 5. The van der Waals surface area contributed by atoms with Crippen molar-refractivity contribution in [3.05, 3.63) is 29.9 Å². The molecule has 0 saturated carbocycles. The quantitative estimate of drug-likeness (QED) is 0.671. The first-order valence-corrected chi connectivity index (χ1v) is 4.93. The van der Waals surface area contributed by atoms with Crippen LogP contribution < -0.4 is 5.73 Å². The second-order valence-electron chi connectivity index (χ2n) is 3.38. The first-order valence-electron chi connectivity index (χ1n) is 4.93. The van der Waals surface area contributed by atoms with E-state index in [1.807, 2.05) is 6.92 Å². The van der Waals surface area contributed by atoms with Crippen LogP contribution in [0.1, 0.15) is 30.3 Å². The zero-order valence-electron chi connectivity index (χ0n) is 8.57. The van der Waals surface area contributed by atoms with Gasteiger partial charge in [-0.05, 0) is 0 Å². The molecule has 4 N–H and O–H groups in total. The minimum Gasteiger partial charge on any atom is -0.348 e. The van der Waals surface area contributed by atoms with E-state index in [4.69, 9.17) is 5.73 Å². The van der Waals surface area contributed by atoms with E-state index in [-0.39, 0.29) is 6.04 Å². The maximum Gasteiger partial charge on any atom is 0.167 e. The summed E-state index contributed by atoms with van der Waals surface area (Å²) in [6.07, 6.45) is 4.90. The summed E-state index contributed by atoms with van der Waals surface area (Å²) in [4.78, 5) is 11.2. The second kappa shape index (κ2) is 4.22. The van der Waals surface area contributed by atoms with Crippen molar-refractivity contribution in [3.63, 3.8) is 0 Å². The number of nitrogens with two attached hydrogens (primary N) is 1. The molecule has 0 bridgehead atoms. The Morgan fingerprint density at radius 2 is 2.40 bits per heavy atom. The number of aryl methyl sites for hydroxylation is 1. The molecular weight excluding hydrogens is 192 g/mol. The molecule has 80 valence electrons. The molecule has 0 radical (unpaired) electrons. The van der Waals surface area contributed by atoms with E-state index in [9.17, 15) is 0 Å². The molecule has 2 rings (SSSR count). The van der Waals surface area contributed by atoms with E-state index in [1.54, 1.807) is 12.5 Å². The predicted octanol–water partition coefficient (Wildman–Crippen LogP) is 0.333. The van der Waals surface area contributed by atoms with Crippen molar-refractivity contribution in [3.8, 4) is 0 Å². The molecule has 2 heterocycles. The molecular formula is C9H14N6. The first kappa shape index (κ1) is 9.85. The van der Waals surface area contributed by atoms with Crippen LogP contribution >= 0.6 is 0 Å². The highest BCUT2D eigenvalue weighted by atomic mass is 15.2. The Kier molecular flexibility index (Phi) is 2.77. The van der Waals surface area contributed by atoms with Gasteiger partial charge >= 0.3 is 0 Å². The Labute approximate surface area is 87.3 Å². The average molecular weight is 206 g/mol. The molecule has 2 aromatic rings. The van der Waals surface area contributed by atoms with Crippen molar-refractivity contribution in [2.24, 2.45) is 5.73 Å². The molecule has 0 spiro atoms. The minimum atomic E-state index is -0.193. The minimum absolute atomic E-state index is 0.193. The molecule has 6 heteroatoms. The highest BCUT2D eigenvalue weighted by Gasteiger charge is 2.12. The summed E-state index contributed by atoms with van der Waals surface area (Å²) in [5.41, 5.74) is 6.95. The van der Waals surface area contributed by atoms with Gasteiger partial charge in [-0.3, -0.25) is 5.10 Å². The molecule has 6 nitrogen and oxygen atoms in total. The Hall–Kier alpha value is -1.69. The normalized spacial score (nSPS) is 12.9. The van der Waals surface area contributed by atoms with Gasteiger partial charge < -0.3 is 10.7 Å². The van der Waals surface area contributed by atoms with Gasteiger partial charge in [0.1, 0.15) is 5.82 Å². The zero-order valence-corrected chi connectivity index (χ0v) is 8.57. The number of imidazole rings is 1. The van der Waals surface area contributed by atoms with Crippen LogP contribution in [0.5, 0.6) is 0 Å². The summed E-state index contributed by atoms with van der Waals surface area (Å²) in [6, 6.07) is -0.193. The van der Waals surface area contributed by atoms with Crippen molar-refractivity contribution < 1.29 is 0 Å². The maximum atomic E-state index is 5.96. The van der Waals surface area contributed by atoms with Crippen LogP contribution in [-0.4, -0.2) is 25.1 Å².